The van der Waals surface area contributed by atoms with E-state index in [9.17, 15) is 9.59 Å². The number of hydrogen-bond donors (Lipinski definition) is 0. The summed E-state index contributed by atoms with van der Waals surface area (Å²) in [6.07, 6.45) is 0.113. The first-order valence-electron chi connectivity index (χ1n) is 9.42. The second-order valence-electron chi connectivity index (χ2n) is 6.74. The minimum absolute atomic E-state index is 0.113. The van der Waals surface area contributed by atoms with Crippen molar-refractivity contribution in [2.75, 3.05) is 35.5 Å². The Bertz CT molecular complexity index is 833. The molecule has 0 saturated heterocycles. The lowest BCUT2D eigenvalue weighted by molar-refractivity contribution is -0.159. The molecule has 2 aromatic carbocycles. The zero-order valence-corrected chi connectivity index (χ0v) is 18.2. The largest absolute Gasteiger partial charge is 0.496 e. The Labute approximate surface area is 176 Å². The average Bonchev–Trinajstić information content (AvgIpc) is 2.78. The van der Waals surface area contributed by atoms with E-state index in [1.54, 1.807) is 33.5 Å². The highest BCUT2D eigenvalue weighted by Crippen LogP contribution is 2.44. The monoisotopic (exact) mass is 416 g/mol. The Morgan fingerprint density at radius 3 is 1.70 bits per heavy atom. The first kappa shape index (κ1) is 23.1. The number of benzene rings is 2. The molecule has 0 heterocycles. The second-order valence-corrected chi connectivity index (χ2v) is 6.74. The smallest absolute Gasteiger partial charge is 0.320 e. The molecule has 7 nitrogen and oxygen atoms in total. The highest BCUT2D eigenvalue weighted by Gasteiger charge is 2.35. The minimum atomic E-state index is -1.11. The third-order valence-electron chi connectivity index (χ3n) is 5.02. The molecule has 30 heavy (non-hydrogen) atoms. The molecule has 0 radical (unpaired) electrons. The van der Waals surface area contributed by atoms with Crippen LogP contribution in [0.2, 0.25) is 0 Å². The van der Waals surface area contributed by atoms with Gasteiger partial charge in [0.05, 0.1) is 35.5 Å². The lowest BCUT2D eigenvalue weighted by Crippen LogP contribution is -2.28. The minimum Gasteiger partial charge on any atom is -0.496 e. The molecular weight excluding hydrogens is 388 g/mol. The maximum atomic E-state index is 12.4. The summed E-state index contributed by atoms with van der Waals surface area (Å²) in [5.41, 5.74) is 2.67. The van der Waals surface area contributed by atoms with Crippen molar-refractivity contribution in [3.63, 3.8) is 0 Å². The molecule has 1 atom stereocenters. The molecule has 0 N–H and O–H groups in total. The van der Waals surface area contributed by atoms with Crippen molar-refractivity contribution in [3.05, 3.63) is 53.1 Å². The van der Waals surface area contributed by atoms with Crippen LogP contribution >= 0.6 is 0 Å². The summed E-state index contributed by atoms with van der Waals surface area (Å²) in [5.74, 6) is -1.24. The van der Waals surface area contributed by atoms with Gasteiger partial charge >= 0.3 is 11.9 Å². The molecule has 0 aromatic heterocycles. The van der Waals surface area contributed by atoms with Crippen LogP contribution in [-0.4, -0.2) is 47.5 Å². The van der Waals surface area contributed by atoms with Crippen molar-refractivity contribution in [3.8, 4) is 17.2 Å². The van der Waals surface area contributed by atoms with Crippen LogP contribution in [0.5, 0.6) is 17.2 Å². The number of hydrogen-bond acceptors (Lipinski definition) is 7. The van der Waals surface area contributed by atoms with Crippen LogP contribution in [0.25, 0.3) is 0 Å². The molecule has 0 bridgehead atoms. The molecule has 0 amide bonds. The number of carbonyl (C=O) groups is 2. The lowest BCUT2D eigenvalue weighted by atomic mass is 9.82. The number of ether oxygens (including phenoxy) is 5. The molecule has 0 aliphatic heterocycles. The number of rotatable bonds is 9. The summed E-state index contributed by atoms with van der Waals surface area (Å²) in [6, 6.07) is 11.3. The molecule has 7 heteroatoms. The van der Waals surface area contributed by atoms with Crippen LogP contribution in [0, 0.1) is 12.8 Å². The third-order valence-corrected chi connectivity index (χ3v) is 5.02. The molecule has 0 saturated carbocycles. The van der Waals surface area contributed by atoms with Crippen LogP contribution in [0.15, 0.2) is 36.4 Å². The Hall–Kier alpha value is -3.22. The van der Waals surface area contributed by atoms with Gasteiger partial charge in [0.2, 0.25) is 0 Å². The summed E-state index contributed by atoms with van der Waals surface area (Å²) in [4.78, 5) is 24.7. The van der Waals surface area contributed by atoms with Gasteiger partial charge in [0, 0.05) is 23.6 Å². The van der Waals surface area contributed by atoms with Crippen molar-refractivity contribution in [2.24, 2.45) is 5.92 Å². The van der Waals surface area contributed by atoms with E-state index in [4.69, 9.17) is 23.7 Å². The molecule has 0 fully saturated rings. The van der Waals surface area contributed by atoms with Crippen LogP contribution in [0.1, 0.15) is 29.0 Å². The number of esters is 2. The number of carbonyl (C=O) groups excluding carboxylic acids is 2. The first-order valence-corrected chi connectivity index (χ1v) is 9.42. The zero-order valence-electron chi connectivity index (χ0n) is 18.2. The fourth-order valence-corrected chi connectivity index (χ4v) is 3.40. The van der Waals surface area contributed by atoms with E-state index in [0.29, 0.717) is 22.8 Å². The van der Waals surface area contributed by atoms with Gasteiger partial charge in [-0.3, -0.25) is 9.59 Å². The molecule has 1 unspecified atom stereocenters. The molecule has 162 valence electrons. The van der Waals surface area contributed by atoms with Gasteiger partial charge in [0.25, 0.3) is 0 Å². The highest BCUT2D eigenvalue weighted by molar-refractivity contribution is 5.95. The quantitative estimate of drug-likeness (QED) is 0.457. The Kier molecular flexibility index (Phi) is 8.09. The van der Waals surface area contributed by atoms with Gasteiger partial charge < -0.3 is 23.7 Å². The average molecular weight is 416 g/mol. The number of methoxy groups -OCH3 is 5. The highest BCUT2D eigenvalue weighted by atomic mass is 16.5. The summed E-state index contributed by atoms with van der Waals surface area (Å²) in [6.45, 7) is 1.99. The van der Waals surface area contributed by atoms with E-state index in [1.807, 2.05) is 31.2 Å². The Morgan fingerprint density at radius 1 is 0.800 bits per heavy atom. The molecule has 2 rings (SSSR count). The maximum Gasteiger partial charge on any atom is 0.320 e. The predicted octanol–water partition coefficient (Wildman–Crippen LogP) is 3.51. The number of aryl methyl sites for hydroxylation is 1. The maximum absolute atomic E-state index is 12.4. The zero-order chi connectivity index (χ0) is 22.3. The van der Waals surface area contributed by atoms with Crippen molar-refractivity contribution in [2.45, 2.75) is 19.3 Å². The van der Waals surface area contributed by atoms with E-state index in [-0.39, 0.29) is 6.42 Å². The molecule has 2 aromatic rings. The molecule has 0 aliphatic carbocycles. The van der Waals surface area contributed by atoms with E-state index < -0.39 is 23.8 Å². The fourth-order valence-electron chi connectivity index (χ4n) is 3.40. The topological polar surface area (TPSA) is 80.3 Å². The van der Waals surface area contributed by atoms with E-state index >= 15 is 0 Å². The summed E-state index contributed by atoms with van der Waals surface area (Å²) >= 11 is 0. The van der Waals surface area contributed by atoms with Crippen molar-refractivity contribution in [1.29, 1.82) is 0 Å². The standard InChI is InChI=1S/C23H28O7/c1-14-7-9-15(10-8-14)17(13-18(22(24)29-5)23(25)30-6)21-19(27-3)11-16(26-2)12-20(21)28-4/h7-12,17-18H,13H2,1-6H3. The van der Waals surface area contributed by atoms with Gasteiger partial charge in [-0.2, -0.15) is 0 Å². The van der Waals surface area contributed by atoms with Crippen molar-refractivity contribution < 1.29 is 33.3 Å². The Balaban J connectivity index is 2.69. The molecular formula is C23H28O7. The van der Waals surface area contributed by atoms with Gasteiger partial charge in [-0.05, 0) is 18.9 Å². The van der Waals surface area contributed by atoms with Crippen molar-refractivity contribution in [1.82, 2.24) is 0 Å². The van der Waals surface area contributed by atoms with Gasteiger partial charge in [0.15, 0.2) is 5.92 Å². The summed E-state index contributed by atoms with van der Waals surface area (Å²) < 4.78 is 26.3. The van der Waals surface area contributed by atoms with E-state index in [1.165, 1.54) is 14.2 Å². The van der Waals surface area contributed by atoms with Gasteiger partial charge in [-0.15, -0.1) is 0 Å². The van der Waals surface area contributed by atoms with Crippen molar-refractivity contribution >= 4 is 11.9 Å². The van der Waals surface area contributed by atoms with Crippen LogP contribution in [0.4, 0.5) is 0 Å². The third kappa shape index (κ3) is 5.03. The van der Waals surface area contributed by atoms with Gasteiger partial charge in [-0.25, -0.2) is 0 Å². The molecule has 0 spiro atoms. The summed E-state index contributed by atoms with van der Waals surface area (Å²) in [5, 5.41) is 0. The van der Waals surface area contributed by atoms with Gasteiger partial charge in [-0.1, -0.05) is 29.8 Å². The SMILES string of the molecule is COC(=O)C(CC(c1ccc(C)cc1)c1c(OC)cc(OC)cc1OC)C(=O)OC. The van der Waals surface area contributed by atoms with Gasteiger partial charge in [0.1, 0.15) is 17.2 Å². The summed E-state index contributed by atoms with van der Waals surface area (Å²) in [7, 11) is 7.13. The second kappa shape index (κ2) is 10.5. The predicted molar refractivity (Wildman–Crippen MR) is 111 cm³/mol. The lowest BCUT2D eigenvalue weighted by Gasteiger charge is -2.26. The first-order chi connectivity index (χ1) is 14.4. The van der Waals surface area contributed by atoms with E-state index in [0.717, 1.165) is 11.1 Å². The van der Waals surface area contributed by atoms with Crippen LogP contribution < -0.4 is 14.2 Å². The molecule has 0 aliphatic rings. The van der Waals surface area contributed by atoms with Crippen LogP contribution in [-0.2, 0) is 19.1 Å². The normalized spacial score (nSPS) is 11.6. The van der Waals surface area contributed by atoms with E-state index in [2.05, 4.69) is 0 Å². The fraction of sp³-hybridized carbons (Fsp3) is 0.391. The Morgan fingerprint density at radius 2 is 1.30 bits per heavy atom. The van der Waals surface area contributed by atoms with Crippen LogP contribution in [0.3, 0.4) is 0 Å².